The maximum absolute atomic E-state index is 13.7. The lowest BCUT2D eigenvalue weighted by Crippen LogP contribution is -2.26. The van der Waals surface area contributed by atoms with Crippen LogP contribution in [0.5, 0.6) is 0 Å². The monoisotopic (exact) mass is 288 g/mol. The van der Waals surface area contributed by atoms with E-state index in [2.05, 4.69) is 10.1 Å². The molecule has 0 aliphatic heterocycles. The smallest absolute Gasteiger partial charge is 0.342 e. The molecule has 0 unspecified atom stereocenters. The molecule has 0 saturated carbocycles. The minimum Gasteiger partial charge on any atom is -0.477 e. The van der Waals surface area contributed by atoms with Gasteiger partial charge in [0, 0.05) is 11.8 Å². The maximum Gasteiger partial charge on any atom is 0.342 e. The molecular weight excluding hydrogens is 279 g/mol. The van der Waals surface area contributed by atoms with Gasteiger partial charge in [-0.15, -0.1) is 0 Å². The van der Waals surface area contributed by atoms with E-state index in [9.17, 15) is 14.0 Å². The number of aromatic carboxylic acids is 1. The highest BCUT2D eigenvalue weighted by molar-refractivity contribution is 5.86. The first-order valence-electron chi connectivity index (χ1n) is 5.98. The van der Waals surface area contributed by atoms with Gasteiger partial charge in [-0.2, -0.15) is 14.6 Å². The Hall–Kier alpha value is -3.03. The molecule has 2 heterocycles. The number of nitrogens with zero attached hydrogens (tertiary/aromatic N) is 4. The van der Waals surface area contributed by atoms with Crippen LogP contribution in [0, 0.1) is 5.82 Å². The zero-order valence-electron chi connectivity index (χ0n) is 10.6. The number of hydrogen-bond donors (Lipinski definition) is 1. The highest BCUT2D eigenvalue weighted by atomic mass is 19.1. The van der Waals surface area contributed by atoms with Gasteiger partial charge >= 0.3 is 5.97 Å². The summed E-state index contributed by atoms with van der Waals surface area (Å²) in [6, 6.07) is 6.09. The first kappa shape index (κ1) is 13.0. The van der Waals surface area contributed by atoms with Crippen LogP contribution < -0.4 is 5.56 Å². The largest absolute Gasteiger partial charge is 0.477 e. The van der Waals surface area contributed by atoms with Gasteiger partial charge in [0.05, 0.1) is 6.54 Å². The average molecular weight is 288 g/mol. The molecule has 0 aliphatic carbocycles. The Kier molecular flexibility index (Phi) is 2.98. The molecule has 106 valence electrons. The first-order chi connectivity index (χ1) is 10.1. The summed E-state index contributed by atoms with van der Waals surface area (Å²) in [5.74, 6) is -1.65. The number of fused-ring (bicyclic) bond motifs is 1. The Balaban J connectivity index is 2.21. The van der Waals surface area contributed by atoms with E-state index in [1.54, 1.807) is 18.2 Å². The number of carboxylic acid groups (broad SMARTS) is 1. The second-order valence-corrected chi connectivity index (χ2v) is 4.34. The van der Waals surface area contributed by atoms with Gasteiger partial charge in [0.1, 0.15) is 17.7 Å². The summed E-state index contributed by atoms with van der Waals surface area (Å²) in [6.45, 7) is 0.0371. The molecule has 0 amide bonds. The van der Waals surface area contributed by atoms with E-state index >= 15 is 0 Å². The second-order valence-electron chi connectivity index (χ2n) is 4.34. The lowest BCUT2D eigenvalue weighted by atomic mass is 10.2. The number of aromatic nitrogens is 4. The van der Waals surface area contributed by atoms with E-state index in [1.807, 2.05) is 0 Å². The Labute approximate surface area is 116 Å². The molecule has 0 fully saturated rings. The summed E-state index contributed by atoms with van der Waals surface area (Å²) in [5.41, 5.74) is -0.883. The molecule has 0 saturated heterocycles. The van der Waals surface area contributed by atoms with Crippen molar-refractivity contribution in [3.05, 3.63) is 64.1 Å². The van der Waals surface area contributed by atoms with Crippen LogP contribution in [-0.2, 0) is 6.54 Å². The normalized spacial score (nSPS) is 10.9. The van der Waals surface area contributed by atoms with Crippen LogP contribution in [0.15, 0.2) is 41.6 Å². The topological polar surface area (TPSA) is 89.5 Å². The van der Waals surface area contributed by atoms with Crippen molar-refractivity contribution in [2.45, 2.75) is 6.54 Å². The summed E-state index contributed by atoms with van der Waals surface area (Å²) in [5, 5.41) is 12.8. The molecule has 0 radical (unpaired) electrons. The number of benzene rings is 1. The van der Waals surface area contributed by atoms with E-state index in [0.29, 0.717) is 5.56 Å². The molecule has 1 N–H and O–H groups in total. The molecule has 2 aromatic heterocycles. The average Bonchev–Trinajstić information content (AvgIpc) is 2.94. The van der Waals surface area contributed by atoms with Crippen molar-refractivity contribution in [3.63, 3.8) is 0 Å². The molecule has 3 rings (SSSR count). The summed E-state index contributed by atoms with van der Waals surface area (Å²) in [4.78, 5) is 26.9. The van der Waals surface area contributed by atoms with E-state index in [0.717, 1.165) is 17.0 Å². The van der Waals surface area contributed by atoms with Crippen molar-refractivity contribution in [3.8, 4) is 0 Å². The van der Waals surface area contributed by atoms with Crippen molar-refractivity contribution in [2.75, 3.05) is 0 Å². The summed E-state index contributed by atoms with van der Waals surface area (Å²) < 4.78 is 16.0. The van der Waals surface area contributed by atoms with Gasteiger partial charge in [-0.3, -0.25) is 4.79 Å². The van der Waals surface area contributed by atoms with Crippen molar-refractivity contribution in [1.29, 1.82) is 0 Å². The van der Waals surface area contributed by atoms with Crippen LogP contribution in [0.25, 0.3) is 5.78 Å². The number of carbonyl (C=O) groups is 1. The number of rotatable bonds is 3. The van der Waals surface area contributed by atoms with E-state index in [4.69, 9.17) is 5.11 Å². The number of halogens is 1. The van der Waals surface area contributed by atoms with Crippen LogP contribution in [0.4, 0.5) is 4.39 Å². The maximum atomic E-state index is 13.7. The van der Waals surface area contributed by atoms with Gasteiger partial charge in [-0.25, -0.2) is 9.18 Å². The zero-order valence-corrected chi connectivity index (χ0v) is 10.6. The van der Waals surface area contributed by atoms with Gasteiger partial charge in [0.2, 0.25) is 5.78 Å². The Morgan fingerprint density at radius 1 is 1.33 bits per heavy atom. The van der Waals surface area contributed by atoms with Crippen LogP contribution in [0.3, 0.4) is 0 Å². The van der Waals surface area contributed by atoms with Gasteiger partial charge in [-0.1, -0.05) is 18.2 Å². The lowest BCUT2D eigenvalue weighted by molar-refractivity contribution is 0.0693. The van der Waals surface area contributed by atoms with Crippen LogP contribution in [0.2, 0.25) is 0 Å². The SMILES string of the molecule is O=C(O)c1cn(Cc2ccccc2F)c2ncnn2c1=O. The fraction of sp³-hybridized carbons (Fsp3) is 0.0769. The number of hydrogen-bond acceptors (Lipinski definition) is 4. The van der Waals surface area contributed by atoms with Crippen LogP contribution in [0.1, 0.15) is 15.9 Å². The number of carboxylic acids is 1. The summed E-state index contributed by atoms with van der Waals surface area (Å²) in [7, 11) is 0. The van der Waals surface area contributed by atoms with Crippen molar-refractivity contribution < 1.29 is 14.3 Å². The first-order valence-corrected chi connectivity index (χ1v) is 5.98. The lowest BCUT2D eigenvalue weighted by Gasteiger charge is -2.09. The third-order valence-corrected chi connectivity index (χ3v) is 3.02. The summed E-state index contributed by atoms with van der Waals surface area (Å²) >= 11 is 0. The highest BCUT2D eigenvalue weighted by Gasteiger charge is 2.16. The van der Waals surface area contributed by atoms with E-state index in [-0.39, 0.29) is 12.3 Å². The second kappa shape index (κ2) is 4.82. The van der Waals surface area contributed by atoms with Gasteiger partial charge in [0.15, 0.2) is 0 Å². The molecule has 0 bridgehead atoms. The fourth-order valence-corrected chi connectivity index (χ4v) is 2.03. The third-order valence-electron chi connectivity index (χ3n) is 3.02. The molecule has 3 aromatic rings. The van der Waals surface area contributed by atoms with Gasteiger partial charge < -0.3 is 9.67 Å². The van der Waals surface area contributed by atoms with Crippen molar-refractivity contribution in [1.82, 2.24) is 19.2 Å². The Morgan fingerprint density at radius 3 is 2.81 bits per heavy atom. The van der Waals surface area contributed by atoms with Gasteiger partial charge in [0.25, 0.3) is 5.56 Å². The molecule has 0 aliphatic rings. The van der Waals surface area contributed by atoms with E-state index in [1.165, 1.54) is 10.6 Å². The molecule has 7 nitrogen and oxygen atoms in total. The molecule has 21 heavy (non-hydrogen) atoms. The Bertz CT molecular complexity index is 900. The van der Waals surface area contributed by atoms with E-state index < -0.39 is 22.9 Å². The summed E-state index contributed by atoms with van der Waals surface area (Å²) in [6.07, 6.45) is 2.28. The zero-order chi connectivity index (χ0) is 15.0. The Morgan fingerprint density at radius 2 is 2.10 bits per heavy atom. The highest BCUT2D eigenvalue weighted by Crippen LogP contribution is 2.10. The van der Waals surface area contributed by atoms with Crippen molar-refractivity contribution in [2.24, 2.45) is 0 Å². The minimum atomic E-state index is -1.38. The predicted molar refractivity (Wildman–Crippen MR) is 69.7 cm³/mol. The van der Waals surface area contributed by atoms with Crippen LogP contribution in [-0.4, -0.2) is 30.2 Å². The minimum absolute atomic E-state index is 0.0371. The standard InChI is InChI=1S/C13H9FN4O3/c14-10-4-2-1-3-8(10)5-17-6-9(12(20)21)11(19)18-13(17)15-7-16-18/h1-4,6-7H,5H2,(H,20,21). The molecule has 0 spiro atoms. The van der Waals surface area contributed by atoms with Crippen LogP contribution >= 0.6 is 0 Å². The fourth-order valence-electron chi connectivity index (χ4n) is 2.03. The third kappa shape index (κ3) is 2.16. The quantitative estimate of drug-likeness (QED) is 0.769. The predicted octanol–water partition coefficient (Wildman–Crippen LogP) is 0.777. The molecular formula is C13H9FN4O3. The molecule has 1 aromatic carbocycles. The van der Waals surface area contributed by atoms with Crippen molar-refractivity contribution >= 4 is 11.7 Å². The molecule has 0 atom stereocenters. The van der Waals surface area contributed by atoms with Gasteiger partial charge in [-0.05, 0) is 6.07 Å². The molecule has 8 heteroatoms.